The normalized spacial score (nSPS) is 13.5. The van der Waals surface area contributed by atoms with Crippen LogP contribution in [0.1, 0.15) is 17.7 Å². The maximum Gasteiger partial charge on any atom is 0.426 e. The fourth-order valence-electron chi connectivity index (χ4n) is 2.36. The van der Waals surface area contributed by atoms with Gasteiger partial charge in [0.1, 0.15) is 11.6 Å². The maximum absolute atomic E-state index is 13.9. The van der Waals surface area contributed by atoms with Crippen LogP contribution < -0.4 is 17.0 Å². The molecule has 2 N–H and O–H groups in total. The van der Waals surface area contributed by atoms with Crippen LogP contribution in [0.2, 0.25) is 5.02 Å². The van der Waals surface area contributed by atoms with Crippen molar-refractivity contribution in [3.8, 4) is 5.69 Å². The number of rotatable bonds is 1. The summed E-state index contributed by atoms with van der Waals surface area (Å²) < 4.78 is 19.7. The van der Waals surface area contributed by atoms with Gasteiger partial charge in [0.25, 0.3) is 5.56 Å². The predicted octanol–water partition coefficient (Wildman–Crippen LogP) is 1.65. The summed E-state index contributed by atoms with van der Waals surface area (Å²) in [4.78, 5) is 24.2. The number of fused-ring (bicyclic) bond motifs is 1. The summed E-state index contributed by atoms with van der Waals surface area (Å²) in [6.07, 6.45) is 1.80. The molecular formula is C13H10ClFN2O3. The first kappa shape index (κ1) is 12.9. The molecule has 0 bridgehead atoms. The first-order valence-corrected chi connectivity index (χ1v) is 6.39. The molecule has 1 aliphatic carbocycles. The fraction of sp³-hybridized carbons (Fsp3) is 0.231. The highest BCUT2D eigenvalue weighted by molar-refractivity contribution is 6.33. The monoisotopic (exact) mass is 296 g/mol. The summed E-state index contributed by atoms with van der Waals surface area (Å²) in [6.45, 7) is 0. The Labute approximate surface area is 117 Å². The van der Waals surface area contributed by atoms with E-state index >= 15 is 0 Å². The Bertz CT molecular complexity index is 826. The number of nitrogens with zero attached hydrogens (tertiary/aromatic N) is 1. The summed E-state index contributed by atoms with van der Waals surface area (Å²) >= 11 is 5.69. The first-order chi connectivity index (χ1) is 9.49. The molecule has 2 aromatic rings. The maximum atomic E-state index is 13.9. The second kappa shape index (κ2) is 4.49. The molecule has 0 unspecified atom stereocenters. The summed E-state index contributed by atoms with van der Waals surface area (Å²) in [7, 11) is 0. The number of anilines is 1. The van der Waals surface area contributed by atoms with Crippen LogP contribution in [-0.2, 0) is 12.8 Å². The first-order valence-electron chi connectivity index (χ1n) is 6.02. The number of nitrogens with two attached hydrogens (primary N) is 1. The lowest BCUT2D eigenvalue weighted by Gasteiger charge is -2.09. The standard InChI is InChI=1S/C13H10ClFN2O3/c14-7-4-8(15)10(5-9(7)16)17-12(18)6-2-1-3-11(6)20-13(17)19/h4-5H,1-3,16H2. The molecule has 0 radical (unpaired) electrons. The quantitative estimate of drug-likeness (QED) is 0.812. The third-order valence-corrected chi connectivity index (χ3v) is 3.66. The third kappa shape index (κ3) is 1.84. The SMILES string of the molecule is Nc1cc(-n2c(=O)oc3c(c2=O)CCC3)c(F)cc1Cl. The molecule has 5 nitrogen and oxygen atoms in total. The molecule has 7 heteroatoms. The molecule has 0 spiro atoms. The van der Waals surface area contributed by atoms with Gasteiger partial charge >= 0.3 is 5.76 Å². The van der Waals surface area contributed by atoms with E-state index in [0.29, 0.717) is 28.7 Å². The summed E-state index contributed by atoms with van der Waals surface area (Å²) in [5.74, 6) is -1.34. The van der Waals surface area contributed by atoms with Crippen LogP contribution in [0, 0.1) is 5.82 Å². The highest BCUT2D eigenvalue weighted by Crippen LogP contribution is 2.24. The van der Waals surface area contributed by atoms with Crippen molar-refractivity contribution < 1.29 is 8.81 Å². The second-order valence-corrected chi connectivity index (χ2v) is 5.00. The van der Waals surface area contributed by atoms with Gasteiger partial charge in [-0.1, -0.05) is 11.6 Å². The predicted molar refractivity (Wildman–Crippen MR) is 72.0 cm³/mol. The fourth-order valence-corrected chi connectivity index (χ4v) is 2.51. The van der Waals surface area contributed by atoms with E-state index in [4.69, 9.17) is 21.8 Å². The van der Waals surface area contributed by atoms with Crippen molar-refractivity contribution in [1.82, 2.24) is 4.57 Å². The van der Waals surface area contributed by atoms with Gasteiger partial charge in [-0.05, 0) is 25.0 Å². The zero-order valence-corrected chi connectivity index (χ0v) is 11.0. The lowest BCUT2D eigenvalue weighted by molar-refractivity contribution is 0.419. The molecule has 0 fully saturated rings. The van der Waals surface area contributed by atoms with E-state index in [9.17, 15) is 14.0 Å². The van der Waals surface area contributed by atoms with Crippen molar-refractivity contribution in [1.29, 1.82) is 0 Å². The molecule has 0 saturated heterocycles. The lowest BCUT2D eigenvalue weighted by atomic mass is 10.2. The van der Waals surface area contributed by atoms with Gasteiger partial charge in [-0.3, -0.25) is 4.79 Å². The zero-order valence-electron chi connectivity index (χ0n) is 10.3. The molecule has 1 aromatic heterocycles. The van der Waals surface area contributed by atoms with Gasteiger partial charge in [-0.2, -0.15) is 0 Å². The number of hydrogen-bond acceptors (Lipinski definition) is 4. The van der Waals surface area contributed by atoms with Crippen LogP contribution in [0.15, 0.2) is 26.1 Å². The van der Waals surface area contributed by atoms with Gasteiger partial charge in [0.2, 0.25) is 0 Å². The molecular weight excluding hydrogens is 287 g/mol. The topological polar surface area (TPSA) is 78.2 Å². The van der Waals surface area contributed by atoms with Crippen LogP contribution in [-0.4, -0.2) is 4.57 Å². The van der Waals surface area contributed by atoms with E-state index in [-0.39, 0.29) is 16.4 Å². The number of hydrogen-bond donors (Lipinski definition) is 1. The molecule has 104 valence electrons. The number of benzene rings is 1. The highest BCUT2D eigenvalue weighted by Gasteiger charge is 2.23. The van der Waals surface area contributed by atoms with E-state index in [1.807, 2.05) is 0 Å². The average molecular weight is 297 g/mol. The van der Waals surface area contributed by atoms with E-state index in [1.54, 1.807) is 0 Å². The number of halogens is 2. The van der Waals surface area contributed by atoms with Gasteiger partial charge < -0.3 is 10.2 Å². The second-order valence-electron chi connectivity index (χ2n) is 4.59. The van der Waals surface area contributed by atoms with Gasteiger partial charge in [-0.25, -0.2) is 13.8 Å². The van der Waals surface area contributed by atoms with Crippen LogP contribution in [0.5, 0.6) is 0 Å². The van der Waals surface area contributed by atoms with Gasteiger partial charge in [-0.15, -0.1) is 0 Å². The zero-order chi connectivity index (χ0) is 14.4. The summed E-state index contributed by atoms with van der Waals surface area (Å²) in [5, 5.41) is 0.0184. The molecule has 0 aliphatic heterocycles. The molecule has 1 aromatic carbocycles. The molecule has 1 aliphatic rings. The third-order valence-electron chi connectivity index (χ3n) is 3.33. The van der Waals surface area contributed by atoms with Crippen molar-refractivity contribution in [2.45, 2.75) is 19.3 Å². The summed E-state index contributed by atoms with van der Waals surface area (Å²) in [6, 6.07) is 2.11. The van der Waals surface area contributed by atoms with Gasteiger partial charge in [0, 0.05) is 6.42 Å². The van der Waals surface area contributed by atoms with Gasteiger partial charge in [0.05, 0.1) is 22.0 Å². The van der Waals surface area contributed by atoms with Gasteiger partial charge in [0.15, 0.2) is 0 Å². The Morgan fingerprint density at radius 1 is 1.30 bits per heavy atom. The Morgan fingerprint density at radius 3 is 2.80 bits per heavy atom. The molecule has 20 heavy (non-hydrogen) atoms. The number of aryl methyl sites for hydroxylation is 1. The molecule has 1 heterocycles. The average Bonchev–Trinajstić information content (AvgIpc) is 2.83. The Hall–Kier alpha value is -2.08. The van der Waals surface area contributed by atoms with E-state index < -0.39 is 17.1 Å². The minimum Gasteiger partial charge on any atom is -0.414 e. The Morgan fingerprint density at radius 2 is 2.05 bits per heavy atom. The van der Waals surface area contributed by atoms with Crippen molar-refractivity contribution in [2.24, 2.45) is 0 Å². The van der Waals surface area contributed by atoms with Crippen molar-refractivity contribution >= 4 is 17.3 Å². The van der Waals surface area contributed by atoms with Crippen molar-refractivity contribution in [3.05, 3.63) is 55.2 Å². The summed E-state index contributed by atoms with van der Waals surface area (Å²) in [5.41, 5.74) is 5.28. The van der Waals surface area contributed by atoms with Crippen LogP contribution in [0.25, 0.3) is 5.69 Å². The van der Waals surface area contributed by atoms with Crippen LogP contribution in [0.3, 0.4) is 0 Å². The highest BCUT2D eigenvalue weighted by atomic mass is 35.5. The lowest BCUT2D eigenvalue weighted by Crippen LogP contribution is -2.34. The number of aromatic nitrogens is 1. The molecule has 0 amide bonds. The minimum absolute atomic E-state index is 0.0184. The largest absolute Gasteiger partial charge is 0.426 e. The Kier molecular flexibility index (Phi) is 2.90. The smallest absolute Gasteiger partial charge is 0.414 e. The minimum atomic E-state index is -0.920. The molecule has 3 rings (SSSR count). The molecule has 0 atom stereocenters. The van der Waals surface area contributed by atoms with E-state index in [2.05, 4.69) is 0 Å². The number of nitrogen functional groups attached to an aromatic ring is 1. The van der Waals surface area contributed by atoms with E-state index in [1.165, 1.54) is 0 Å². The van der Waals surface area contributed by atoms with Crippen molar-refractivity contribution in [3.63, 3.8) is 0 Å². The van der Waals surface area contributed by atoms with E-state index in [0.717, 1.165) is 18.6 Å². The van der Waals surface area contributed by atoms with Crippen LogP contribution in [0.4, 0.5) is 10.1 Å². The van der Waals surface area contributed by atoms with Crippen LogP contribution >= 0.6 is 11.6 Å². The Balaban J connectivity index is 2.34. The van der Waals surface area contributed by atoms with Crippen molar-refractivity contribution in [2.75, 3.05) is 5.73 Å². The molecule has 0 saturated carbocycles.